The zero-order valence-electron chi connectivity index (χ0n) is 8.97. The second-order valence-electron chi connectivity index (χ2n) is 5.55. The van der Waals surface area contributed by atoms with E-state index in [-0.39, 0.29) is 0 Å². The van der Waals surface area contributed by atoms with Gasteiger partial charge in [0.25, 0.3) is 0 Å². The molecule has 14 heavy (non-hydrogen) atoms. The van der Waals surface area contributed by atoms with E-state index >= 15 is 0 Å². The molecule has 3 aliphatic carbocycles. The lowest BCUT2D eigenvalue weighted by Crippen LogP contribution is -2.19. The van der Waals surface area contributed by atoms with Crippen molar-refractivity contribution in [3.8, 4) is 0 Å². The van der Waals surface area contributed by atoms with Crippen LogP contribution in [-0.2, 0) is 0 Å². The third-order valence-corrected chi connectivity index (χ3v) is 4.56. The molecule has 0 amide bonds. The van der Waals surface area contributed by atoms with Crippen LogP contribution in [0.5, 0.6) is 0 Å². The van der Waals surface area contributed by atoms with Crippen molar-refractivity contribution in [2.75, 3.05) is 0 Å². The second kappa shape index (κ2) is 2.98. The first-order chi connectivity index (χ1) is 6.83. The van der Waals surface area contributed by atoms with Crippen molar-refractivity contribution in [1.29, 1.82) is 0 Å². The van der Waals surface area contributed by atoms with E-state index in [1.807, 2.05) is 0 Å². The van der Waals surface area contributed by atoms with Crippen LogP contribution in [0.15, 0.2) is 24.3 Å². The fraction of sp³-hybridized carbons (Fsp3) is 0.714. The topological polar surface area (TPSA) is 0 Å². The second-order valence-corrected chi connectivity index (χ2v) is 5.55. The summed E-state index contributed by atoms with van der Waals surface area (Å²) in [5.41, 5.74) is 0.988. The van der Waals surface area contributed by atoms with Crippen LogP contribution in [0.3, 0.4) is 0 Å². The summed E-state index contributed by atoms with van der Waals surface area (Å²) in [6, 6.07) is 0. The van der Waals surface area contributed by atoms with E-state index in [1.165, 1.54) is 51.4 Å². The van der Waals surface area contributed by atoms with Crippen molar-refractivity contribution >= 4 is 0 Å². The molecule has 0 heteroatoms. The molecule has 0 aromatic carbocycles. The molecule has 0 aromatic rings. The van der Waals surface area contributed by atoms with Crippen LogP contribution in [0.2, 0.25) is 0 Å². The standard InChI is InChI=1S/C14H20/c1-2-6-13(5-1)9-11-14(12-10-13)7-3-4-8-14/h9-12H,1-8H2. The summed E-state index contributed by atoms with van der Waals surface area (Å²) >= 11 is 0. The molecule has 76 valence electrons. The first-order valence-electron chi connectivity index (χ1n) is 6.24. The Balaban J connectivity index is 1.83. The van der Waals surface area contributed by atoms with Gasteiger partial charge in [-0.1, -0.05) is 50.0 Å². The van der Waals surface area contributed by atoms with Crippen molar-refractivity contribution in [3.63, 3.8) is 0 Å². The van der Waals surface area contributed by atoms with E-state index in [0.717, 1.165) is 0 Å². The van der Waals surface area contributed by atoms with Crippen LogP contribution in [0.1, 0.15) is 51.4 Å². The summed E-state index contributed by atoms with van der Waals surface area (Å²) in [5, 5.41) is 0. The van der Waals surface area contributed by atoms with Gasteiger partial charge >= 0.3 is 0 Å². The first-order valence-corrected chi connectivity index (χ1v) is 6.24. The minimum Gasteiger partial charge on any atom is -0.0777 e. The van der Waals surface area contributed by atoms with Crippen molar-refractivity contribution in [1.82, 2.24) is 0 Å². The average Bonchev–Trinajstić information content (AvgIpc) is 2.81. The number of allylic oxidation sites excluding steroid dienone is 4. The average molecular weight is 188 g/mol. The molecule has 0 nitrogen and oxygen atoms in total. The molecule has 3 rings (SSSR count). The highest BCUT2D eigenvalue weighted by Gasteiger charge is 2.36. The van der Waals surface area contributed by atoms with Crippen LogP contribution >= 0.6 is 0 Å². The summed E-state index contributed by atoms with van der Waals surface area (Å²) in [7, 11) is 0. The van der Waals surface area contributed by atoms with Gasteiger partial charge in [0.05, 0.1) is 0 Å². The third kappa shape index (κ3) is 1.27. The van der Waals surface area contributed by atoms with Gasteiger partial charge in [0.2, 0.25) is 0 Å². The smallest absolute Gasteiger partial charge is 0.00615 e. The SMILES string of the molecule is C1=CC2(C=CC13CCCC3)CCCC2. The predicted octanol–water partition coefficient (Wildman–Crippen LogP) is 4.23. The van der Waals surface area contributed by atoms with Gasteiger partial charge in [0, 0.05) is 10.8 Å². The van der Waals surface area contributed by atoms with E-state index in [4.69, 9.17) is 0 Å². The number of hydrogen-bond donors (Lipinski definition) is 0. The minimum absolute atomic E-state index is 0.494. The summed E-state index contributed by atoms with van der Waals surface area (Å²) < 4.78 is 0. The molecule has 0 aromatic heterocycles. The Morgan fingerprint density at radius 1 is 0.500 bits per heavy atom. The summed E-state index contributed by atoms with van der Waals surface area (Å²) in [6.07, 6.45) is 21.5. The van der Waals surface area contributed by atoms with Gasteiger partial charge in [-0.3, -0.25) is 0 Å². The van der Waals surface area contributed by atoms with Crippen LogP contribution in [-0.4, -0.2) is 0 Å². The molecule has 3 aliphatic rings. The van der Waals surface area contributed by atoms with Crippen molar-refractivity contribution < 1.29 is 0 Å². The van der Waals surface area contributed by atoms with Crippen molar-refractivity contribution in [2.24, 2.45) is 10.8 Å². The molecular formula is C14H20. The van der Waals surface area contributed by atoms with Gasteiger partial charge < -0.3 is 0 Å². The highest BCUT2D eigenvalue weighted by Crippen LogP contribution is 2.50. The summed E-state index contributed by atoms with van der Waals surface area (Å²) in [6.45, 7) is 0. The lowest BCUT2D eigenvalue weighted by molar-refractivity contribution is 0.439. The van der Waals surface area contributed by atoms with Gasteiger partial charge in [0.15, 0.2) is 0 Å². The zero-order chi connectivity index (χ0) is 9.49. The Kier molecular flexibility index (Phi) is 1.87. The van der Waals surface area contributed by atoms with Crippen LogP contribution in [0.4, 0.5) is 0 Å². The van der Waals surface area contributed by atoms with Gasteiger partial charge in [-0.2, -0.15) is 0 Å². The highest BCUT2D eigenvalue weighted by atomic mass is 14.4. The Morgan fingerprint density at radius 3 is 1.07 bits per heavy atom. The van der Waals surface area contributed by atoms with E-state index in [9.17, 15) is 0 Å². The van der Waals surface area contributed by atoms with Crippen LogP contribution < -0.4 is 0 Å². The Hall–Kier alpha value is -0.520. The maximum absolute atomic E-state index is 2.55. The molecule has 0 N–H and O–H groups in total. The molecule has 0 radical (unpaired) electrons. The summed E-state index contributed by atoms with van der Waals surface area (Å²) in [5.74, 6) is 0. The fourth-order valence-corrected chi connectivity index (χ4v) is 3.51. The van der Waals surface area contributed by atoms with Gasteiger partial charge in [-0.25, -0.2) is 0 Å². The van der Waals surface area contributed by atoms with E-state index in [0.29, 0.717) is 10.8 Å². The quantitative estimate of drug-likeness (QED) is 0.499. The van der Waals surface area contributed by atoms with E-state index in [1.54, 1.807) is 0 Å². The molecule has 2 spiro atoms. The van der Waals surface area contributed by atoms with Gasteiger partial charge in [0.1, 0.15) is 0 Å². The molecular weight excluding hydrogens is 168 g/mol. The first kappa shape index (κ1) is 8.76. The largest absolute Gasteiger partial charge is 0.0777 e. The van der Waals surface area contributed by atoms with Crippen LogP contribution in [0.25, 0.3) is 0 Å². The maximum atomic E-state index is 2.55. The monoisotopic (exact) mass is 188 g/mol. The molecule has 2 saturated carbocycles. The zero-order valence-corrected chi connectivity index (χ0v) is 8.97. The molecule has 0 unspecified atom stereocenters. The van der Waals surface area contributed by atoms with Gasteiger partial charge in [-0.05, 0) is 25.7 Å². The maximum Gasteiger partial charge on any atom is 0.00615 e. The Labute approximate surface area is 87.1 Å². The molecule has 0 atom stereocenters. The fourth-order valence-electron chi connectivity index (χ4n) is 3.51. The lowest BCUT2D eigenvalue weighted by Gasteiger charge is -2.31. The van der Waals surface area contributed by atoms with Crippen molar-refractivity contribution in [3.05, 3.63) is 24.3 Å². The Bertz CT molecular complexity index is 224. The van der Waals surface area contributed by atoms with Crippen LogP contribution in [0, 0.1) is 10.8 Å². The minimum atomic E-state index is 0.494. The molecule has 2 fully saturated rings. The van der Waals surface area contributed by atoms with E-state index < -0.39 is 0 Å². The highest BCUT2D eigenvalue weighted by molar-refractivity contribution is 5.27. The number of hydrogen-bond acceptors (Lipinski definition) is 0. The van der Waals surface area contributed by atoms with Crippen molar-refractivity contribution in [2.45, 2.75) is 51.4 Å². The van der Waals surface area contributed by atoms with E-state index in [2.05, 4.69) is 24.3 Å². The molecule has 0 heterocycles. The third-order valence-electron chi connectivity index (χ3n) is 4.56. The lowest BCUT2D eigenvalue weighted by atomic mass is 9.73. The number of rotatable bonds is 0. The predicted molar refractivity (Wildman–Crippen MR) is 60.1 cm³/mol. The normalized spacial score (nSPS) is 32.0. The summed E-state index contributed by atoms with van der Waals surface area (Å²) in [4.78, 5) is 0. The van der Waals surface area contributed by atoms with Gasteiger partial charge in [-0.15, -0.1) is 0 Å². The molecule has 0 aliphatic heterocycles. The Morgan fingerprint density at radius 2 is 0.786 bits per heavy atom. The molecule has 0 saturated heterocycles. The molecule has 0 bridgehead atoms.